The Morgan fingerprint density at radius 1 is 1.38 bits per heavy atom. The number of ether oxygens (including phenoxy) is 1. The van der Waals surface area contributed by atoms with Crippen LogP contribution in [0.2, 0.25) is 0 Å². The maximum absolute atomic E-state index is 5.80. The molecule has 0 atom stereocenters. The highest BCUT2D eigenvalue weighted by molar-refractivity contribution is 5.37. The van der Waals surface area contributed by atoms with Crippen molar-refractivity contribution in [3.05, 3.63) is 29.3 Å². The molecule has 1 saturated carbocycles. The van der Waals surface area contributed by atoms with Crippen molar-refractivity contribution in [3.63, 3.8) is 0 Å². The van der Waals surface area contributed by atoms with Crippen LogP contribution in [0.1, 0.15) is 30.9 Å². The largest absolute Gasteiger partial charge is 0.490 e. The summed E-state index contributed by atoms with van der Waals surface area (Å²) >= 11 is 0. The molecule has 0 N–H and O–H groups in total. The van der Waals surface area contributed by atoms with Gasteiger partial charge in [-0.3, -0.25) is 0 Å². The zero-order valence-corrected chi connectivity index (χ0v) is 8.34. The molecule has 70 valence electrons. The van der Waals surface area contributed by atoms with Gasteiger partial charge in [0.15, 0.2) is 0 Å². The van der Waals surface area contributed by atoms with Crippen LogP contribution in [0.5, 0.6) is 5.75 Å². The van der Waals surface area contributed by atoms with Gasteiger partial charge in [-0.15, -0.1) is 0 Å². The number of benzene rings is 1. The molecule has 0 unspecified atom stereocenters. The quantitative estimate of drug-likeness (QED) is 0.687. The minimum Gasteiger partial charge on any atom is -0.490 e. The zero-order chi connectivity index (χ0) is 9.26. The van der Waals surface area contributed by atoms with Crippen molar-refractivity contribution in [2.75, 3.05) is 0 Å². The molecule has 1 aromatic carbocycles. The Morgan fingerprint density at radius 3 is 2.77 bits per heavy atom. The van der Waals surface area contributed by atoms with Crippen LogP contribution in [-0.4, -0.2) is 6.10 Å². The van der Waals surface area contributed by atoms with Gasteiger partial charge in [0.05, 0.1) is 6.10 Å². The molecular formula is C12H16O. The van der Waals surface area contributed by atoms with Crippen molar-refractivity contribution in [1.29, 1.82) is 0 Å². The van der Waals surface area contributed by atoms with E-state index < -0.39 is 0 Å². The number of rotatable bonds is 3. The van der Waals surface area contributed by atoms with Crippen LogP contribution in [0.15, 0.2) is 18.2 Å². The van der Waals surface area contributed by atoms with E-state index in [1.54, 1.807) is 0 Å². The van der Waals surface area contributed by atoms with Gasteiger partial charge >= 0.3 is 0 Å². The molecule has 0 heterocycles. The van der Waals surface area contributed by atoms with Crippen molar-refractivity contribution < 1.29 is 4.74 Å². The highest BCUT2D eigenvalue weighted by atomic mass is 16.5. The van der Waals surface area contributed by atoms with Crippen molar-refractivity contribution >= 4 is 0 Å². The Kier molecular flexibility index (Phi) is 2.26. The second kappa shape index (κ2) is 3.41. The van der Waals surface area contributed by atoms with Crippen LogP contribution in [0.4, 0.5) is 0 Å². The van der Waals surface area contributed by atoms with Gasteiger partial charge in [-0.2, -0.15) is 0 Å². The molecule has 0 saturated heterocycles. The molecule has 0 radical (unpaired) electrons. The van der Waals surface area contributed by atoms with Crippen LogP contribution in [-0.2, 0) is 6.42 Å². The Balaban J connectivity index is 2.19. The highest BCUT2D eigenvalue weighted by Crippen LogP contribution is 2.29. The Bertz CT molecular complexity index is 300. The molecule has 1 aliphatic carbocycles. The Labute approximate surface area is 79.7 Å². The van der Waals surface area contributed by atoms with E-state index in [1.165, 1.54) is 24.0 Å². The summed E-state index contributed by atoms with van der Waals surface area (Å²) in [7, 11) is 0. The van der Waals surface area contributed by atoms with E-state index in [1.807, 2.05) is 0 Å². The summed E-state index contributed by atoms with van der Waals surface area (Å²) in [5.74, 6) is 1.09. The first-order valence-corrected chi connectivity index (χ1v) is 5.06. The molecule has 1 fully saturated rings. The minimum atomic E-state index is 0.505. The van der Waals surface area contributed by atoms with E-state index in [2.05, 4.69) is 32.0 Å². The number of hydrogen-bond donors (Lipinski definition) is 0. The van der Waals surface area contributed by atoms with E-state index in [0.29, 0.717) is 6.10 Å². The van der Waals surface area contributed by atoms with E-state index in [-0.39, 0.29) is 0 Å². The van der Waals surface area contributed by atoms with Crippen LogP contribution in [0, 0.1) is 6.92 Å². The van der Waals surface area contributed by atoms with Crippen molar-refractivity contribution in [3.8, 4) is 5.75 Å². The van der Waals surface area contributed by atoms with Crippen LogP contribution in [0.25, 0.3) is 0 Å². The van der Waals surface area contributed by atoms with E-state index in [9.17, 15) is 0 Å². The van der Waals surface area contributed by atoms with Gasteiger partial charge in [0.25, 0.3) is 0 Å². The van der Waals surface area contributed by atoms with Gasteiger partial charge in [0.2, 0.25) is 0 Å². The molecule has 13 heavy (non-hydrogen) atoms. The van der Waals surface area contributed by atoms with E-state index in [0.717, 1.165) is 12.2 Å². The normalized spacial score (nSPS) is 15.8. The Morgan fingerprint density at radius 2 is 2.15 bits per heavy atom. The average Bonchev–Trinajstić information content (AvgIpc) is 2.93. The molecule has 0 bridgehead atoms. The second-order valence-corrected chi connectivity index (χ2v) is 3.77. The standard InChI is InChI=1S/C12H16O/c1-3-10-5-4-9(2)12(8-10)13-11-6-7-11/h4-5,8,11H,3,6-7H2,1-2H3. The van der Waals surface area contributed by atoms with E-state index >= 15 is 0 Å². The molecule has 1 nitrogen and oxygen atoms in total. The van der Waals surface area contributed by atoms with Gasteiger partial charge in [-0.05, 0) is 43.4 Å². The monoisotopic (exact) mass is 176 g/mol. The lowest BCUT2D eigenvalue weighted by Crippen LogP contribution is -1.98. The van der Waals surface area contributed by atoms with Crippen LogP contribution in [0.3, 0.4) is 0 Å². The lowest BCUT2D eigenvalue weighted by molar-refractivity contribution is 0.301. The fraction of sp³-hybridized carbons (Fsp3) is 0.500. The summed E-state index contributed by atoms with van der Waals surface area (Å²) in [4.78, 5) is 0. The maximum Gasteiger partial charge on any atom is 0.122 e. The number of hydrogen-bond acceptors (Lipinski definition) is 1. The third-order valence-electron chi connectivity index (χ3n) is 2.48. The summed E-state index contributed by atoms with van der Waals surface area (Å²) in [6.45, 7) is 4.28. The van der Waals surface area contributed by atoms with Crippen LogP contribution >= 0.6 is 0 Å². The van der Waals surface area contributed by atoms with Gasteiger partial charge < -0.3 is 4.74 Å². The predicted molar refractivity (Wildman–Crippen MR) is 54.2 cm³/mol. The first kappa shape index (κ1) is 8.61. The van der Waals surface area contributed by atoms with Gasteiger partial charge in [0.1, 0.15) is 5.75 Å². The van der Waals surface area contributed by atoms with Crippen molar-refractivity contribution in [2.24, 2.45) is 0 Å². The van der Waals surface area contributed by atoms with Crippen LogP contribution < -0.4 is 4.74 Å². The molecule has 0 aliphatic heterocycles. The van der Waals surface area contributed by atoms with Gasteiger partial charge in [0, 0.05) is 0 Å². The SMILES string of the molecule is CCc1ccc(C)c(OC2CC2)c1. The first-order chi connectivity index (χ1) is 6.29. The maximum atomic E-state index is 5.80. The zero-order valence-electron chi connectivity index (χ0n) is 8.34. The summed E-state index contributed by atoms with van der Waals surface area (Å²) in [6, 6.07) is 6.50. The molecular weight excluding hydrogens is 160 g/mol. The lowest BCUT2D eigenvalue weighted by atomic mass is 10.1. The van der Waals surface area contributed by atoms with Gasteiger partial charge in [-0.1, -0.05) is 19.1 Å². The summed E-state index contributed by atoms with van der Waals surface area (Å²) in [6.07, 6.45) is 4.05. The molecule has 0 amide bonds. The van der Waals surface area contributed by atoms with Gasteiger partial charge in [-0.25, -0.2) is 0 Å². The lowest BCUT2D eigenvalue weighted by Gasteiger charge is -2.09. The summed E-state index contributed by atoms with van der Waals surface area (Å²) in [5.41, 5.74) is 2.62. The summed E-state index contributed by atoms with van der Waals surface area (Å²) < 4.78 is 5.80. The fourth-order valence-electron chi connectivity index (χ4n) is 1.36. The number of aryl methyl sites for hydroxylation is 2. The molecule has 1 aliphatic rings. The molecule has 0 aromatic heterocycles. The molecule has 0 spiro atoms. The third kappa shape index (κ3) is 2.03. The topological polar surface area (TPSA) is 9.23 Å². The predicted octanol–water partition coefficient (Wildman–Crippen LogP) is 3.10. The van der Waals surface area contributed by atoms with E-state index in [4.69, 9.17) is 4.74 Å². The molecule has 1 aromatic rings. The molecule has 2 rings (SSSR count). The fourth-order valence-corrected chi connectivity index (χ4v) is 1.36. The summed E-state index contributed by atoms with van der Waals surface area (Å²) in [5, 5.41) is 0. The second-order valence-electron chi connectivity index (χ2n) is 3.77. The average molecular weight is 176 g/mol. The first-order valence-electron chi connectivity index (χ1n) is 5.06. The molecule has 1 heteroatoms. The Hall–Kier alpha value is -0.980. The third-order valence-corrected chi connectivity index (χ3v) is 2.48. The highest BCUT2D eigenvalue weighted by Gasteiger charge is 2.23. The smallest absolute Gasteiger partial charge is 0.122 e. The van der Waals surface area contributed by atoms with Crippen molar-refractivity contribution in [1.82, 2.24) is 0 Å². The minimum absolute atomic E-state index is 0.505. The van der Waals surface area contributed by atoms with Crippen molar-refractivity contribution in [2.45, 2.75) is 39.2 Å².